The molecule has 0 aliphatic carbocycles. The Morgan fingerprint density at radius 2 is 2.04 bits per heavy atom. The van der Waals surface area contributed by atoms with Crippen LogP contribution in [0.5, 0.6) is 0 Å². The first-order chi connectivity index (χ1) is 13.3. The van der Waals surface area contributed by atoms with E-state index in [4.69, 9.17) is 0 Å². The molecule has 136 valence electrons. The van der Waals surface area contributed by atoms with Crippen LogP contribution in [0.3, 0.4) is 0 Å². The average molecular weight is 357 g/mol. The lowest BCUT2D eigenvalue weighted by Gasteiger charge is -2.18. The molecule has 3 aromatic rings. The summed E-state index contributed by atoms with van der Waals surface area (Å²) in [4.78, 5) is 15.7. The van der Waals surface area contributed by atoms with Crippen molar-refractivity contribution < 1.29 is 4.79 Å². The number of aromatic nitrogens is 2. The zero-order chi connectivity index (χ0) is 18.5. The van der Waals surface area contributed by atoms with Gasteiger partial charge in [-0.2, -0.15) is 0 Å². The van der Waals surface area contributed by atoms with Crippen molar-refractivity contribution in [1.82, 2.24) is 9.55 Å². The van der Waals surface area contributed by atoms with Crippen molar-refractivity contribution in [3.8, 4) is 0 Å². The van der Waals surface area contributed by atoms with Gasteiger partial charge in [0, 0.05) is 30.7 Å². The zero-order valence-corrected chi connectivity index (χ0v) is 15.3. The van der Waals surface area contributed by atoms with Crippen molar-refractivity contribution in [3.05, 3.63) is 83.9 Å². The van der Waals surface area contributed by atoms with Crippen molar-refractivity contribution >= 4 is 23.4 Å². The molecule has 0 spiro atoms. The Kier molecular flexibility index (Phi) is 5.15. The molecule has 0 radical (unpaired) electrons. The minimum Gasteiger partial charge on any atom is -0.326 e. The molecule has 1 aromatic heterocycles. The van der Waals surface area contributed by atoms with Gasteiger partial charge in [0.2, 0.25) is 5.91 Å². The minimum atomic E-state index is 0.104. The van der Waals surface area contributed by atoms with Gasteiger partial charge >= 0.3 is 0 Å². The minimum absolute atomic E-state index is 0.104. The molecule has 0 atom stereocenters. The number of amides is 1. The van der Waals surface area contributed by atoms with Crippen LogP contribution in [-0.4, -0.2) is 15.5 Å². The summed E-state index contributed by atoms with van der Waals surface area (Å²) in [7, 11) is 0. The normalized spacial score (nSPS) is 13.9. The molecule has 27 heavy (non-hydrogen) atoms. The number of nitrogens with one attached hydrogen (secondary N) is 1. The standard InChI is InChI=1S/C23H23N3O/c27-23-12-10-20-15-19(9-11-22(20)25-23)21(16-26-14-13-24-17-26)8-4-7-18-5-2-1-3-6-18/h1-3,5-6,9,11,13-17H,4,7-8,10,12H2,(H,25,27)/b21-16-. The van der Waals surface area contributed by atoms with Gasteiger partial charge in [-0.25, -0.2) is 4.98 Å². The lowest BCUT2D eigenvalue weighted by molar-refractivity contribution is -0.116. The summed E-state index contributed by atoms with van der Waals surface area (Å²) in [6.07, 6.45) is 12.2. The smallest absolute Gasteiger partial charge is 0.224 e. The van der Waals surface area contributed by atoms with Gasteiger partial charge in [0.15, 0.2) is 0 Å². The SMILES string of the molecule is O=C1CCc2cc(/C(=C\n3ccnc3)CCCc3ccccc3)ccc2N1. The quantitative estimate of drug-likeness (QED) is 0.689. The molecule has 1 aliphatic rings. The number of hydrogen-bond donors (Lipinski definition) is 1. The first kappa shape index (κ1) is 17.3. The maximum atomic E-state index is 11.6. The summed E-state index contributed by atoms with van der Waals surface area (Å²) < 4.78 is 2.00. The Morgan fingerprint density at radius 1 is 1.15 bits per heavy atom. The van der Waals surface area contributed by atoms with E-state index in [0.717, 1.165) is 31.4 Å². The summed E-state index contributed by atoms with van der Waals surface area (Å²) in [5, 5.41) is 2.96. The molecule has 1 amide bonds. The molecule has 0 unspecified atom stereocenters. The molecule has 0 saturated carbocycles. The highest BCUT2D eigenvalue weighted by Gasteiger charge is 2.15. The fraction of sp³-hybridized carbons (Fsp3) is 0.217. The van der Waals surface area contributed by atoms with Crippen molar-refractivity contribution in [2.45, 2.75) is 32.1 Å². The summed E-state index contributed by atoms with van der Waals surface area (Å²) in [6.45, 7) is 0. The van der Waals surface area contributed by atoms with E-state index in [9.17, 15) is 4.79 Å². The van der Waals surface area contributed by atoms with Crippen LogP contribution >= 0.6 is 0 Å². The predicted octanol–water partition coefficient (Wildman–Crippen LogP) is 4.79. The van der Waals surface area contributed by atoms with E-state index in [2.05, 4.69) is 59.0 Å². The van der Waals surface area contributed by atoms with E-state index in [1.54, 1.807) is 6.20 Å². The number of imidazole rings is 1. The molecular weight excluding hydrogens is 334 g/mol. The Morgan fingerprint density at radius 3 is 2.85 bits per heavy atom. The number of allylic oxidation sites excluding steroid dienone is 1. The van der Waals surface area contributed by atoms with Crippen LogP contribution in [0.15, 0.2) is 67.3 Å². The third-order valence-corrected chi connectivity index (χ3v) is 4.96. The number of carbonyl (C=O) groups is 1. The second kappa shape index (κ2) is 8.04. The second-order valence-electron chi connectivity index (χ2n) is 6.92. The van der Waals surface area contributed by atoms with E-state index in [1.165, 1.54) is 22.3 Å². The molecule has 4 nitrogen and oxygen atoms in total. The van der Waals surface area contributed by atoms with Gasteiger partial charge < -0.3 is 9.88 Å². The number of nitrogens with zero attached hydrogens (tertiary/aromatic N) is 2. The lowest BCUT2D eigenvalue weighted by Crippen LogP contribution is -2.18. The maximum Gasteiger partial charge on any atom is 0.224 e. The first-order valence-electron chi connectivity index (χ1n) is 9.43. The average Bonchev–Trinajstić information content (AvgIpc) is 3.21. The molecule has 4 heteroatoms. The van der Waals surface area contributed by atoms with Gasteiger partial charge in [-0.05, 0) is 60.1 Å². The highest BCUT2D eigenvalue weighted by molar-refractivity contribution is 5.94. The highest BCUT2D eigenvalue weighted by Crippen LogP contribution is 2.29. The number of hydrogen-bond acceptors (Lipinski definition) is 2. The topological polar surface area (TPSA) is 46.9 Å². The van der Waals surface area contributed by atoms with Crippen LogP contribution in [0.2, 0.25) is 0 Å². The van der Waals surface area contributed by atoms with E-state index >= 15 is 0 Å². The summed E-state index contributed by atoms with van der Waals surface area (Å²) in [6, 6.07) is 17.0. The second-order valence-corrected chi connectivity index (χ2v) is 6.92. The summed E-state index contributed by atoms with van der Waals surface area (Å²) in [5.41, 5.74) is 6.02. The van der Waals surface area contributed by atoms with E-state index in [-0.39, 0.29) is 5.91 Å². The zero-order valence-electron chi connectivity index (χ0n) is 15.3. The first-order valence-corrected chi connectivity index (χ1v) is 9.43. The molecule has 0 saturated heterocycles. The summed E-state index contributed by atoms with van der Waals surface area (Å²) in [5.74, 6) is 0.104. The van der Waals surface area contributed by atoms with Gasteiger partial charge in [-0.15, -0.1) is 0 Å². The Bertz CT molecular complexity index is 943. The molecule has 4 rings (SSSR count). The number of fused-ring (bicyclic) bond motifs is 1. The third kappa shape index (κ3) is 4.34. The van der Waals surface area contributed by atoms with Crippen molar-refractivity contribution in [2.24, 2.45) is 0 Å². The van der Waals surface area contributed by atoms with Crippen LogP contribution in [-0.2, 0) is 17.6 Å². The number of rotatable bonds is 6. The third-order valence-electron chi connectivity index (χ3n) is 4.96. The number of anilines is 1. The maximum absolute atomic E-state index is 11.6. The van der Waals surface area contributed by atoms with Crippen LogP contribution < -0.4 is 5.32 Å². The van der Waals surface area contributed by atoms with Crippen LogP contribution in [0, 0.1) is 0 Å². The molecular formula is C23H23N3O. The van der Waals surface area contributed by atoms with E-state index in [0.29, 0.717) is 6.42 Å². The van der Waals surface area contributed by atoms with Crippen molar-refractivity contribution in [1.29, 1.82) is 0 Å². The fourth-order valence-electron chi connectivity index (χ4n) is 3.52. The van der Waals surface area contributed by atoms with Gasteiger partial charge in [0.05, 0.1) is 6.33 Å². The molecule has 2 heterocycles. The Hall–Kier alpha value is -3.14. The molecule has 2 aromatic carbocycles. The predicted molar refractivity (Wildman–Crippen MR) is 109 cm³/mol. The Balaban J connectivity index is 1.56. The fourth-order valence-corrected chi connectivity index (χ4v) is 3.52. The van der Waals surface area contributed by atoms with Crippen LogP contribution in [0.4, 0.5) is 5.69 Å². The van der Waals surface area contributed by atoms with Gasteiger partial charge in [0.25, 0.3) is 0 Å². The number of benzene rings is 2. The number of carbonyl (C=O) groups excluding carboxylic acids is 1. The lowest BCUT2D eigenvalue weighted by atomic mass is 9.94. The Labute approximate surface area is 159 Å². The van der Waals surface area contributed by atoms with Crippen molar-refractivity contribution in [2.75, 3.05) is 5.32 Å². The van der Waals surface area contributed by atoms with E-state index < -0.39 is 0 Å². The molecule has 0 fully saturated rings. The van der Waals surface area contributed by atoms with Crippen molar-refractivity contribution in [3.63, 3.8) is 0 Å². The van der Waals surface area contributed by atoms with Gasteiger partial charge in [0.1, 0.15) is 0 Å². The highest BCUT2D eigenvalue weighted by atomic mass is 16.1. The largest absolute Gasteiger partial charge is 0.326 e. The van der Waals surface area contributed by atoms with E-state index in [1.807, 2.05) is 23.2 Å². The molecule has 1 aliphatic heterocycles. The van der Waals surface area contributed by atoms with Gasteiger partial charge in [-0.3, -0.25) is 4.79 Å². The van der Waals surface area contributed by atoms with Crippen LogP contribution in [0.1, 0.15) is 36.0 Å². The monoisotopic (exact) mass is 357 g/mol. The van der Waals surface area contributed by atoms with Crippen LogP contribution in [0.25, 0.3) is 11.8 Å². The summed E-state index contributed by atoms with van der Waals surface area (Å²) >= 11 is 0. The molecule has 0 bridgehead atoms. The van der Waals surface area contributed by atoms with Gasteiger partial charge in [-0.1, -0.05) is 36.4 Å². The number of aryl methyl sites for hydroxylation is 2. The molecule has 1 N–H and O–H groups in total.